The molecule has 0 saturated heterocycles. The summed E-state index contributed by atoms with van der Waals surface area (Å²) in [5.41, 5.74) is 3.89. The molecule has 0 aliphatic carbocycles. The zero-order valence-electron chi connectivity index (χ0n) is 15.6. The van der Waals surface area contributed by atoms with E-state index in [0.717, 1.165) is 37.7 Å². The minimum absolute atomic E-state index is 0.134. The Labute approximate surface area is 133 Å². The lowest BCUT2D eigenvalue weighted by atomic mass is 9.73. The Morgan fingerprint density at radius 2 is 1.33 bits per heavy atom. The molecule has 0 unspecified atom stereocenters. The van der Waals surface area contributed by atoms with Gasteiger partial charge in [-0.3, -0.25) is 0 Å². The van der Waals surface area contributed by atoms with Crippen LogP contribution in [0.2, 0.25) is 0 Å². The highest BCUT2D eigenvalue weighted by atomic mass is 14.3. The molecule has 1 heteroatoms. The molecule has 21 heavy (non-hydrogen) atoms. The highest BCUT2D eigenvalue weighted by Crippen LogP contribution is 2.40. The Morgan fingerprint density at radius 1 is 0.905 bits per heavy atom. The van der Waals surface area contributed by atoms with Crippen molar-refractivity contribution in [1.82, 2.24) is 0 Å². The molecule has 0 rings (SSSR count). The molecule has 120 valence electrons. The van der Waals surface area contributed by atoms with Crippen molar-refractivity contribution in [2.75, 3.05) is 0 Å². The van der Waals surface area contributed by atoms with Crippen molar-refractivity contribution in [2.24, 2.45) is 10.8 Å². The Kier molecular flexibility index (Phi) is 8.01. The molecule has 0 amide bonds. The summed E-state index contributed by atoms with van der Waals surface area (Å²) in [6, 6.07) is 2.46. The average Bonchev–Trinajstić information content (AvgIpc) is 2.53. The maximum absolute atomic E-state index is 9.65. The molecule has 0 N–H and O–H groups in total. The Morgan fingerprint density at radius 3 is 1.62 bits per heavy atom. The number of hydrogen-bond donors (Lipinski definition) is 0. The highest BCUT2D eigenvalue weighted by Gasteiger charge is 2.27. The number of nitrogens with zero attached hydrogens (tertiary/aromatic N) is 1. The van der Waals surface area contributed by atoms with Crippen LogP contribution in [-0.4, -0.2) is 0 Å². The van der Waals surface area contributed by atoms with E-state index in [2.05, 4.69) is 67.5 Å². The lowest BCUT2D eigenvalue weighted by molar-refractivity contribution is 0.356. The van der Waals surface area contributed by atoms with Gasteiger partial charge in [0.2, 0.25) is 0 Å². The molecule has 0 radical (unpaired) electrons. The summed E-state index contributed by atoms with van der Waals surface area (Å²) in [5.74, 6) is 0. The van der Waals surface area contributed by atoms with Crippen molar-refractivity contribution in [3.8, 4) is 6.07 Å². The third kappa shape index (κ3) is 4.47. The van der Waals surface area contributed by atoms with E-state index in [1.165, 1.54) is 11.1 Å². The molecule has 0 fully saturated rings. The quantitative estimate of drug-likeness (QED) is 0.355. The van der Waals surface area contributed by atoms with E-state index in [-0.39, 0.29) is 10.8 Å². The van der Waals surface area contributed by atoms with Crippen LogP contribution in [0.5, 0.6) is 0 Å². The molecule has 0 bridgehead atoms. The van der Waals surface area contributed by atoms with E-state index < -0.39 is 0 Å². The van der Waals surface area contributed by atoms with E-state index in [0.29, 0.717) is 0 Å². The van der Waals surface area contributed by atoms with E-state index in [1.807, 2.05) is 0 Å². The second-order valence-electron chi connectivity index (χ2n) is 6.71. The van der Waals surface area contributed by atoms with E-state index in [1.54, 1.807) is 0 Å². The molecule has 0 aliphatic heterocycles. The number of hydrogen-bond acceptors (Lipinski definition) is 1. The topological polar surface area (TPSA) is 23.8 Å². The maximum atomic E-state index is 9.65. The van der Waals surface area contributed by atoms with Gasteiger partial charge >= 0.3 is 0 Å². The minimum Gasteiger partial charge on any atom is -0.192 e. The second kappa shape index (κ2) is 8.42. The first kappa shape index (κ1) is 20.0. The largest absolute Gasteiger partial charge is 0.192 e. The highest BCUT2D eigenvalue weighted by molar-refractivity contribution is 5.42. The van der Waals surface area contributed by atoms with E-state index in [9.17, 15) is 5.26 Å². The smallest absolute Gasteiger partial charge is 0.0991 e. The second-order valence-corrected chi connectivity index (χ2v) is 6.71. The van der Waals surface area contributed by atoms with Gasteiger partial charge in [-0.1, -0.05) is 54.0 Å². The zero-order valence-corrected chi connectivity index (χ0v) is 15.6. The van der Waals surface area contributed by atoms with Gasteiger partial charge in [-0.2, -0.15) is 5.26 Å². The molecule has 0 aromatic carbocycles. The fourth-order valence-electron chi connectivity index (χ4n) is 2.91. The summed E-state index contributed by atoms with van der Waals surface area (Å²) >= 11 is 0. The Bertz CT molecular complexity index is 423. The van der Waals surface area contributed by atoms with Gasteiger partial charge in [0, 0.05) is 0 Å². The van der Waals surface area contributed by atoms with Gasteiger partial charge in [0.1, 0.15) is 0 Å². The normalized spacial score (nSPS) is 14.7. The molecule has 0 spiro atoms. The van der Waals surface area contributed by atoms with Gasteiger partial charge in [-0.25, -0.2) is 0 Å². The number of rotatable bonds is 8. The van der Waals surface area contributed by atoms with Gasteiger partial charge < -0.3 is 0 Å². The van der Waals surface area contributed by atoms with E-state index in [4.69, 9.17) is 0 Å². The monoisotopic (exact) mass is 289 g/mol. The van der Waals surface area contributed by atoms with Crippen LogP contribution >= 0.6 is 0 Å². The van der Waals surface area contributed by atoms with Crippen LogP contribution in [-0.2, 0) is 0 Å². The molecular formula is C20H35N. The zero-order chi connectivity index (χ0) is 16.7. The van der Waals surface area contributed by atoms with Gasteiger partial charge in [0.15, 0.2) is 0 Å². The fourth-order valence-corrected chi connectivity index (χ4v) is 2.91. The summed E-state index contributed by atoms with van der Waals surface area (Å²) in [7, 11) is 0. The van der Waals surface area contributed by atoms with Crippen molar-refractivity contribution >= 4 is 0 Å². The third-order valence-corrected chi connectivity index (χ3v) is 6.03. The molecule has 0 saturated carbocycles. The standard InChI is InChI=1S/C20H35N/c1-9-18(20(8,12-4)13-5)14-17(15-21)16(6)19(7,10-2)11-3/h14H,9-13H2,1-8H3/b17-16-,18-14+. The summed E-state index contributed by atoms with van der Waals surface area (Å²) in [5, 5.41) is 9.65. The van der Waals surface area contributed by atoms with Crippen LogP contribution in [0.25, 0.3) is 0 Å². The molecule has 0 aromatic rings. The Balaban J connectivity index is 5.98. The van der Waals surface area contributed by atoms with Crippen LogP contribution in [0.1, 0.15) is 87.5 Å². The first-order valence-electron chi connectivity index (χ1n) is 8.60. The molecule has 0 aliphatic rings. The summed E-state index contributed by atoms with van der Waals surface area (Å²) in [6.07, 6.45) is 7.61. The molecule has 0 atom stereocenters. The number of nitriles is 1. The lowest BCUT2D eigenvalue weighted by Crippen LogP contribution is -2.19. The minimum atomic E-state index is 0.134. The van der Waals surface area contributed by atoms with E-state index >= 15 is 0 Å². The third-order valence-electron chi connectivity index (χ3n) is 6.03. The average molecular weight is 290 g/mol. The van der Waals surface area contributed by atoms with Gasteiger partial charge in [0.25, 0.3) is 0 Å². The van der Waals surface area contributed by atoms with Crippen LogP contribution in [0, 0.1) is 22.2 Å². The SMILES string of the molecule is CC/C(=C\C(C#N)=C(/C)C(C)(CC)CC)C(C)(CC)CC. The summed E-state index contributed by atoms with van der Waals surface area (Å²) in [4.78, 5) is 0. The molecular weight excluding hydrogens is 254 g/mol. The Hall–Kier alpha value is -1.03. The van der Waals surface area contributed by atoms with Gasteiger partial charge in [0.05, 0.1) is 11.6 Å². The first-order valence-corrected chi connectivity index (χ1v) is 8.60. The predicted molar refractivity (Wildman–Crippen MR) is 94.1 cm³/mol. The molecule has 0 aromatic heterocycles. The molecule has 0 heterocycles. The van der Waals surface area contributed by atoms with Crippen LogP contribution in [0.4, 0.5) is 0 Å². The lowest BCUT2D eigenvalue weighted by Gasteiger charge is -2.31. The summed E-state index contributed by atoms with van der Waals surface area (Å²) < 4.78 is 0. The van der Waals surface area contributed by atoms with Crippen molar-refractivity contribution in [2.45, 2.75) is 87.5 Å². The maximum Gasteiger partial charge on any atom is 0.0991 e. The van der Waals surface area contributed by atoms with Crippen LogP contribution in [0.15, 0.2) is 22.8 Å². The molecule has 1 nitrogen and oxygen atoms in total. The van der Waals surface area contributed by atoms with Crippen LogP contribution < -0.4 is 0 Å². The predicted octanol–water partition coefficient (Wildman–Crippen LogP) is 6.82. The fraction of sp³-hybridized carbons (Fsp3) is 0.750. The van der Waals surface area contributed by atoms with Crippen molar-refractivity contribution in [1.29, 1.82) is 5.26 Å². The van der Waals surface area contributed by atoms with Gasteiger partial charge in [-0.15, -0.1) is 0 Å². The van der Waals surface area contributed by atoms with Crippen molar-refractivity contribution < 1.29 is 0 Å². The summed E-state index contributed by atoms with van der Waals surface area (Å²) in [6.45, 7) is 17.9. The number of allylic oxidation sites excluding steroid dienone is 4. The van der Waals surface area contributed by atoms with Crippen molar-refractivity contribution in [3.05, 3.63) is 22.8 Å². The van der Waals surface area contributed by atoms with Crippen molar-refractivity contribution in [3.63, 3.8) is 0 Å². The van der Waals surface area contributed by atoms with Crippen LogP contribution in [0.3, 0.4) is 0 Å². The first-order chi connectivity index (χ1) is 9.78. The van der Waals surface area contributed by atoms with Gasteiger partial charge in [-0.05, 0) is 61.5 Å².